The van der Waals surface area contributed by atoms with Gasteiger partial charge in [0.05, 0.1) is 4.47 Å². The number of halogens is 2. The van der Waals surface area contributed by atoms with Crippen molar-refractivity contribution < 1.29 is 17.9 Å². The van der Waals surface area contributed by atoms with Crippen LogP contribution in [0.5, 0.6) is 0 Å². The highest BCUT2D eigenvalue weighted by Crippen LogP contribution is 2.25. The molecule has 0 bridgehead atoms. The zero-order valence-electron chi connectivity index (χ0n) is 9.49. The van der Waals surface area contributed by atoms with Gasteiger partial charge in [0.1, 0.15) is 4.90 Å². The summed E-state index contributed by atoms with van der Waals surface area (Å²) in [4.78, 5) is -0.488. The van der Waals surface area contributed by atoms with Crippen LogP contribution in [-0.4, -0.2) is 26.7 Å². The minimum Gasteiger partial charge on any atom is -0.399 e. The number of nitrogens with one attached hydrogen (secondary N) is 1. The van der Waals surface area contributed by atoms with Gasteiger partial charge in [-0.3, -0.25) is 0 Å². The van der Waals surface area contributed by atoms with Gasteiger partial charge in [0.15, 0.2) is 5.82 Å². The molecule has 5 nitrogen and oxygen atoms in total. The summed E-state index contributed by atoms with van der Waals surface area (Å²) in [5.41, 5.74) is 5.63. The first kappa shape index (κ1) is 15.4. The first-order chi connectivity index (χ1) is 8.38. The SMILES string of the molecule is Nc1cc(Br)c(F)c(S(=O)(=O)NCCCCO)c1. The second-order valence-electron chi connectivity index (χ2n) is 3.64. The quantitative estimate of drug-likeness (QED) is 0.536. The highest BCUT2D eigenvalue weighted by molar-refractivity contribution is 9.10. The van der Waals surface area contributed by atoms with Gasteiger partial charge in [-0.05, 0) is 40.9 Å². The molecule has 0 aliphatic heterocycles. The van der Waals surface area contributed by atoms with Gasteiger partial charge in [-0.25, -0.2) is 17.5 Å². The van der Waals surface area contributed by atoms with Crippen molar-refractivity contribution in [3.8, 4) is 0 Å². The number of unbranched alkanes of at least 4 members (excludes halogenated alkanes) is 1. The van der Waals surface area contributed by atoms with Crippen LogP contribution in [0.25, 0.3) is 0 Å². The minimum atomic E-state index is -3.93. The Hall–Kier alpha value is -0.700. The van der Waals surface area contributed by atoms with Crippen LogP contribution in [0.4, 0.5) is 10.1 Å². The van der Waals surface area contributed by atoms with Crippen molar-refractivity contribution >= 4 is 31.6 Å². The van der Waals surface area contributed by atoms with Gasteiger partial charge >= 0.3 is 0 Å². The number of hydrogen-bond acceptors (Lipinski definition) is 4. The Balaban J connectivity index is 2.91. The molecule has 0 atom stereocenters. The van der Waals surface area contributed by atoms with Crippen LogP contribution in [0.3, 0.4) is 0 Å². The number of aliphatic hydroxyl groups is 1. The molecule has 0 saturated carbocycles. The predicted molar refractivity (Wildman–Crippen MR) is 70.0 cm³/mol. The summed E-state index contributed by atoms with van der Waals surface area (Å²) in [6, 6.07) is 2.36. The van der Waals surface area contributed by atoms with Gasteiger partial charge in [-0.1, -0.05) is 0 Å². The van der Waals surface area contributed by atoms with Gasteiger partial charge in [-0.2, -0.15) is 0 Å². The van der Waals surface area contributed by atoms with E-state index in [2.05, 4.69) is 20.7 Å². The fourth-order valence-electron chi connectivity index (χ4n) is 1.30. The molecule has 0 aliphatic carbocycles. The number of nitrogens with two attached hydrogens (primary N) is 1. The Morgan fingerprint density at radius 3 is 2.67 bits per heavy atom. The summed E-state index contributed by atoms with van der Waals surface area (Å²) in [5, 5.41) is 8.57. The third kappa shape index (κ3) is 3.91. The molecule has 0 heterocycles. The van der Waals surface area contributed by atoms with E-state index < -0.39 is 20.7 Å². The van der Waals surface area contributed by atoms with E-state index in [1.54, 1.807) is 0 Å². The average molecular weight is 341 g/mol. The molecule has 8 heteroatoms. The maximum atomic E-state index is 13.7. The number of sulfonamides is 1. The van der Waals surface area contributed by atoms with Crippen LogP contribution < -0.4 is 10.5 Å². The Bertz CT molecular complexity index is 522. The predicted octanol–water partition coefficient (Wildman–Crippen LogP) is 1.22. The van der Waals surface area contributed by atoms with Crippen LogP contribution in [0.1, 0.15) is 12.8 Å². The molecule has 0 saturated heterocycles. The van der Waals surface area contributed by atoms with Gasteiger partial charge in [0, 0.05) is 18.8 Å². The second-order valence-corrected chi connectivity index (χ2v) is 6.23. The molecule has 1 aromatic rings. The lowest BCUT2D eigenvalue weighted by molar-refractivity contribution is 0.285. The molecule has 4 N–H and O–H groups in total. The molecule has 102 valence electrons. The van der Waals surface area contributed by atoms with E-state index >= 15 is 0 Å². The van der Waals surface area contributed by atoms with Crippen LogP contribution in [-0.2, 0) is 10.0 Å². The highest BCUT2D eigenvalue weighted by atomic mass is 79.9. The van der Waals surface area contributed by atoms with E-state index in [9.17, 15) is 12.8 Å². The summed E-state index contributed by atoms with van der Waals surface area (Å²) < 4.78 is 39.6. The molecular formula is C10H14BrFN2O3S. The van der Waals surface area contributed by atoms with Crippen LogP contribution in [0, 0.1) is 5.82 Å². The van der Waals surface area contributed by atoms with E-state index in [4.69, 9.17) is 10.8 Å². The van der Waals surface area contributed by atoms with Crippen molar-refractivity contribution in [1.29, 1.82) is 0 Å². The monoisotopic (exact) mass is 340 g/mol. The molecule has 0 unspecified atom stereocenters. The zero-order valence-corrected chi connectivity index (χ0v) is 11.9. The van der Waals surface area contributed by atoms with Gasteiger partial charge in [0.2, 0.25) is 10.0 Å². The number of rotatable bonds is 6. The van der Waals surface area contributed by atoms with Crippen molar-refractivity contribution in [2.24, 2.45) is 0 Å². The number of aliphatic hydroxyl groups excluding tert-OH is 1. The molecule has 0 fully saturated rings. The van der Waals surface area contributed by atoms with Crippen molar-refractivity contribution in [3.05, 3.63) is 22.4 Å². The van der Waals surface area contributed by atoms with Crippen molar-refractivity contribution in [3.63, 3.8) is 0 Å². The third-order valence-corrected chi connectivity index (χ3v) is 4.22. The summed E-state index contributed by atoms with van der Waals surface area (Å²) >= 11 is 2.90. The highest BCUT2D eigenvalue weighted by Gasteiger charge is 2.21. The summed E-state index contributed by atoms with van der Waals surface area (Å²) in [5.74, 6) is -0.876. The first-order valence-electron chi connectivity index (χ1n) is 5.23. The normalized spacial score (nSPS) is 11.7. The van der Waals surface area contributed by atoms with Gasteiger partial charge in [-0.15, -0.1) is 0 Å². The molecule has 18 heavy (non-hydrogen) atoms. The fourth-order valence-corrected chi connectivity index (χ4v) is 3.12. The molecule has 0 aliphatic rings. The van der Waals surface area contributed by atoms with Gasteiger partial charge < -0.3 is 10.8 Å². The lowest BCUT2D eigenvalue weighted by Crippen LogP contribution is -2.26. The molecule has 1 aromatic carbocycles. The Labute approximate surface area is 113 Å². The van der Waals surface area contributed by atoms with Crippen molar-refractivity contribution in [2.45, 2.75) is 17.7 Å². The lowest BCUT2D eigenvalue weighted by Gasteiger charge is -2.09. The Kier molecular flexibility index (Phi) is 5.51. The van der Waals surface area contributed by atoms with E-state index in [1.807, 2.05) is 0 Å². The standard InChI is InChI=1S/C10H14BrFN2O3S/c11-8-5-7(13)6-9(10(8)12)18(16,17)14-3-1-2-4-15/h5-6,14-15H,1-4,13H2. The summed E-state index contributed by atoms with van der Waals surface area (Å²) in [6.45, 7) is 0.120. The van der Waals surface area contributed by atoms with Crippen LogP contribution in [0.2, 0.25) is 0 Å². The van der Waals surface area contributed by atoms with Crippen LogP contribution in [0.15, 0.2) is 21.5 Å². The maximum Gasteiger partial charge on any atom is 0.243 e. The molecule has 0 radical (unpaired) electrons. The average Bonchev–Trinajstić information content (AvgIpc) is 2.29. The number of hydrogen-bond donors (Lipinski definition) is 3. The molecule has 0 amide bonds. The van der Waals surface area contributed by atoms with E-state index in [1.165, 1.54) is 6.07 Å². The molecular weight excluding hydrogens is 327 g/mol. The van der Waals surface area contributed by atoms with Crippen molar-refractivity contribution in [2.75, 3.05) is 18.9 Å². The zero-order chi connectivity index (χ0) is 13.8. The number of anilines is 1. The smallest absolute Gasteiger partial charge is 0.243 e. The first-order valence-corrected chi connectivity index (χ1v) is 7.51. The third-order valence-electron chi connectivity index (χ3n) is 2.18. The summed E-state index contributed by atoms with van der Waals surface area (Å²) in [6.07, 6.45) is 0.951. The lowest BCUT2D eigenvalue weighted by atomic mass is 10.3. The number of nitrogen functional groups attached to an aromatic ring is 1. The molecule has 0 spiro atoms. The second kappa shape index (κ2) is 6.46. The van der Waals surface area contributed by atoms with E-state index in [0.29, 0.717) is 12.8 Å². The largest absolute Gasteiger partial charge is 0.399 e. The van der Waals surface area contributed by atoms with Crippen molar-refractivity contribution in [1.82, 2.24) is 4.72 Å². The minimum absolute atomic E-state index is 0.00164. The topological polar surface area (TPSA) is 92.4 Å². The molecule has 0 aromatic heterocycles. The van der Waals surface area contributed by atoms with Crippen LogP contribution >= 0.6 is 15.9 Å². The van der Waals surface area contributed by atoms with E-state index in [-0.39, 0.29) is 23.3 Å². The van der Waals surface area contributed by atoms with E-state index in [0.717, 1.165) is 6.07 Å². The maximum absolute atomic E-state index is 13.7. The Morgan fingerprint density at radius 2 is 2.06 bits per heavy atom. The molecule has 1 rings (SSSR count). The Morgan fingerprint density at radius 1 is 1.39 bits per heavy atom. The fraction of sp³-hybridized carbons (Fsp3) is 0.400. The summed E-state index contributed by atoms with van der Waals surface area (Å²) in [7, 11) is -3.93. The van der Waals surface area contributed by atoms with Gasteiger partial charge in [0.25, 0.3) is 0 Å². The number of benzene rings is 1.